The maximum Gasteiger partial charge on any atom is 0.0900 e. The van der Waals surface area contributed by atoms with E-state index >= 15 is 0 Å². The fourth-order valence-electron chi connectivity index (χ4n) is 3.60. The fourth-order valence-corrected chi connectivity index (χ4v) is 4.58. The van der Waals surface area contributed by atoms with E-state index < -0.39 is 0 Å². The first-order valence-corrected chi connectivity index (χ1v) is 8.42. The van der Waals surface area contributed by atoms with E-state index in [-0.39, 0.29) is 0 Å². The summed E-state index contributed by atoms with van der Waals surface area (Å²) in [5.74, 6) is 0.866. The molecule has 19 heavy (non-hydrogen) atoms. The number of piperidine rings is 1. The Labute approximate surface area is 120 Å². The van der Waals surface area contributed by atoms with E-state index in [2.05, 4.69) is 29.0 Å². The molecule has 2 aliphatic heterocycles. The summed E-state index contributed by atoms with van der Waals surface area (Å²) < 4.78 is 0. The number of aryl methyl sites for hydroxylation is 2. The molecule has 0 saturated carbocycles. The Balaban J connectivity index is 1.60. The van der Waals surface area contributed by atoms with Crippen LogP contribution in [-0.4, -0.2) is 35.6 Å². The molecule has 0 aromatic carbocycles. The Hall–Kier alpha value is -0.450. The van der Waals surface area contributed by atoms with Gasteiger partial charge in [0.2, 0.25) is 0 Å². The quantitative estimate of drug-likeness (QED) is 0.922. The van der Waals surface area contributed by atoms with Crippen molar-refractivity contribution in [1.82, 2.24) is 15.2 Å². The summed E-state index contributed by atoms with van der Waals surface area (Å²) in [6.07, 6.45) is 5.53. The maximum absolute atomic E-state index is 4.55. The Morgan fingerprint density at radius 3 is 2.89 bits per heavy atom. The van der Waals surface area contributed by atoms with Gasteiger partial charge in [-0.1, -0.05) is 0 Å². The van der Waals surface area contributed by atoms with E-state index in [1.807, 2.05) is 11.3 Å². The molecule has 3 rings (SSSR count). The predicted molar refractivity (Wildman–Crippen MR) is 80.6 cm³/mol. The zero-order chi connectivity index (χ0) is 13.2. The van der Waals surface area contributed by atoms with Crippen molar-refractivity contribution in [2.75, 3.05) is 19.6 Å². The third-order valence-electron chi connectivity index (χ3n) is 4.58. The average Bonchev–Trinajstić information content (AvgIpc) is 3.01. The summed E-state index contributed by atoms with van der Waals surface area (Å²) in [6, 6.07) is 0.784. The highest BCUT2D eigenvalue weighted by Gasteiger charge is 2.29. The molecule has 3 nitrogen and oxygen atoms in total. The van der Waals surface area contributed by atoms with Crippen LogP contribution in [0.25, 0.3) is 0 Å². The van der Waals surface area contributed by atoms with Gasteiger partial charge in [0.05, 0.1) is 10.7 Å². The van der Waals surface area contributed by atoms with Crippen LogP contribution in [0.1, 0.15) is 41.3 Å². The monoisotopic (exact) mass is 279 g/mol. The van der Waals surface area contributed by atoms with Gasteiger partial charge < -0.3 is 5.32 Å². The molecular formula is C15H25N3S. The van der Waals surface area contributed by atoms with Crippen LogP contribution in [0.5, 0.6) is 0 Å². The number of thiazole rings is 1. The van der Waals surface area contributed by atoms with Crippen LogP contribution >= 0.6 is 11.3 Å². The normalized spacial score (nSPS) is 28.9. The van der Waals surface area contributed by atoms with Gasteiger partial charge in [-0.2, -0.15) is 0 Å². The number of hydrogen-bond acceptors (Lipinski definition) is 4. The number of rotatable bonds is 3. The van der Waals surface area contributed by atoms with Crippen LogP contribution < -0.4 is 5.32 Å². The highest BCUT2D eigenvalue weighted by atomic mass is 32.1. The lowest BCUT2D eigenvalue weighted by Crippen LogP contribution is -2.43. The second kappa shape index (κ2) is 5.90. The number of aromatic nitrogens is 1. The minimum Gasteiger partial charge on any atom is -0.314 e. The zero-order valence-electron chi connectivity index (χ0n) is 12.1. The smallest absolute Gasteiger partial charge is 0.0900 e. The van der Waals surface area contributed by atoms with Gasteiger partial charge in [-0.05, 0) is 58.5 Å². The molecule has 0 bridgehead atoms. The van der Waals surface area contributed by atoms with Gasteiger partial charge in [-0.15, -0.1) is 11.3 Å². The molecular weight excluding hydrogens is 254 g/mol. The minimum absolute atomic E-state index is 0.784. The number of nitrogens with zero attached hydrogens (tertiary/aromatic N) is 2. The molecule has 0 spiro atoms. The van der Waals surface area contributed by atoms with E-state index in [4.69, 9.17) is 0 Å². The van der Waals surface area contributed by atoms with Crippen LogP contribution in [0, 0.1) is 19.8 Å². The number of hydrogen-bond donors (Lipinski definition) is 1. The standard InChI is InChI=1S/C15H25N3S/c1-11-15(19-12(2)17-11)10-18-8-4-5-13(9-18)14-6-3-7-16-14/h13-14,16H,3-10H2,1-2H3. The lowest BCUT2D eigenvalue weighted by Gasteiger charge is -2.35. The van der Waals surface area contributed by atoms with Gasteiger partial charge in [0.15, 0.2) is 0 Å². The summed E-state index contributed by atoms with van der Waals surface area (Å²) in [7, 11) is 0. The maximum atomic E-state index is 4.55. The van der Waals surface area contributed by atoms with Crippen LogP contribution in [0.2, 0.25) is 0 Å². The third-order valence-corrected chi connectivity index (χ3v) is 5.63. The van der Waals surface area contributed by atoms with Gasteiger partial charge in [-0.3, -0.25) is 4.90 Å². The summed E-state index contributed by atoms with van der Waals surface area (Å²) in [5.41, 5.74) is 1.24. The molecule has 106 valence electrons. The van der Waals surface area contributed by atoms with Crippen molar-refractivity contribution in [3.05, 3.63) is 15.6 Å². The molecule has 0 aliphatic carbocycles. The van der Waals surface area contributed by atoms with Gasteiger partial charge in [-0.25, -0.2) is 4.98 Å². The number of likely N-dealkylation sites (tertiary alicyclic amines) is 1. The Morgan fingerprint density at radius 2 is 2.21 bits per heavy atom. The second-order valence-electron chi connectivity index (χ2n) is 6.08. The Morgan fingerprint density at radius 1 is 1.32 bits per heavy atom. The largest absolute Gasteiger partial charge is 0.314 e. The van der Waals surface area contributed by atoms with Gasteiger partial charge in [0.1, 0.15) is 0 Å². The van der Waals surface area contributed by atoms with E-state index in [9.17, 15) is 0 Å². The Bertz CT molecular complexity index is 423. The first kappa shape index (κ1) is 13.5. The van der Waals surface area contributed by atoms with E-state index in [1.165, 1.54) is 60.9 Å². The first-order valence-electron chi connectivity index (χ1n) is 7.61. The minimum atomic E-state index is 0.784. The topological polar surface area (TPSA) is 28.2 Å². The van der Waals surface area contributed by atoms with Gasteiger partial charge in [0.25, 0.3) is 0 Å². The molecule has 0 amide bonds. The lowest BCUT2D eigenvalue weighted by molar-refractivity contribution is 0.146. The van der Waals surface area contributed by atoms with Crippen LogP contribution in [0.15, 0.2) is 0 Å². The molecule has 1 aromatic rings. The summed E-state index contributed by atoms with van der Waals surface area (Å²) in [4.78, 5) is 8.67. The molecule has 3 heterocycles. The van der Waals surface area contributed by atoms with Crippen molar-refractivity contribution >= 4 is 11.3 Å². The SMILES string of the molecule is Cc1nc(C)c(CN2CCCC(C3CCCN3)C2)s1. The molecule has 2 atom stereocenters. The van der Waals surface area contributed by atoms with Crippen LogP contribution in [0.3, 0.4) is 0 Å². The zero-order valence-corrected chi connectivity index (χ0v) is 12.9. The fraction of sp³-hybridized carbons (Fsp3) is 0.800. The van der Waals surface area contributed by atoms with E-state index in [0.29, 0.717) is 0 Å². The molecule has 1 aromatic heterocycles. The average molecular weight is 279 g/mol. The molecule has 1 N–H and O–H groups in total. The van der Waals surface area contributed by atoms with Crippen LogP contribution in [0.4, 0.5) is 0 Å². The molecule has 2 fully saturated rings. The van der Waals surface area contributed by atoms with E-state index in [0.717, 1.165) is 18.5 Å². The summed E-state index contributed by atoms with van der Waals surface area (Å²) >= 11 is 1.87. The summed E-state index contributed by atoms with van der Waals surface area (Å²) in [5, 5.41) is 4.90. The van der Waals surface area contributed by atoms with Crippen molar-refractivity contribution < 1.29 is 0 Å². The van der Waals surface area contributed by atoms with Crippen molar-refractivity contribution in [3.8, 4) is 0 Å². The van der Waals surface area contributed by atoms with Crippen molar-refractivity contribution in [1.29, 1.82) is 0 Å². The molecule has 2 unspecified atom stereocenters. The highest BCUT2D eigenvalue weighted by Crippen LogP contribution is 2.27. The second-order valence-corrected chi connectivity index (χ2v) is 7.37. The van der Waals surface area contributed by atoms with E-state index in [1.54, 1.807) is 0 Å². The van der Waals surface area contributed by atoms with Gasteiger partial charge in [0, 0.05) is 24.0 Å². The van der Waals surface area contributed by atoms with Crippen LogP contribution in [-0.2, 0) is 6.54 Å². The number of nitrogens with one attached hydrogen (secondary N) is 1. The van der Waals surface area contributed by atoms with Crippen molar-refractivity contribution in [2.45, 2.75) is 52.1 Å². The predicted octanol–water partition coefficient (Wildman–Crippen LogP) is 2.72. The Kier molecular flexibility index (Phi) is 4.20. The first-order chi connectivity index (χ1) is 9.22. The molecule has 0 radical (unpaired) electrons. The van der Waals surface area contributed by atoms with Crippen molar-refractivity contribution in [3.63, 3.8) is 0 Å². The highest BCUT2D eigenvalue weighted by molar-refractivity contribution is 7.11. The third kappa shape index (κ3) is 3.18. The molecule has 4 heteroatoms. The molecule has 2 aliphatic rings. The van der Waals surface area contributed by atoms with Crippen molar-refractivity contribution in [2.24, 2.45) is 5.92 Å². The van der Waals surface area contributed by atoms with Gasteiger partial charge >= 0.3 is 0 Å². The molecule has 2 saturated heterocycles. The lowest BCUT2D eigenvalue weighted by atomic mass is 9.90. The summed E-state index contributed by atoms with van der Waals surface area (Å²) in [6.45, 7) is 9.14.